The number of carboxylic acid groups (broad SMARTS) is 1. The molecule has 0 heterocycles. The van der Waals surface area contributed by atoms with Crippen LogP contribution in [0.3, 0.4) is 0 Å². The van der Waals surface area contributed by atoms with Crippen molar-refractivity contribution in [2.45, 2.75) is 6.18 Å². The molecule has 0 fully saturated rings. The molecule has 0 amide bonds. The summed E-state index contributed by atoms with van der Waals surface area (Å²) in [4.78, 5) is 10.6. The zero-order chi connectivity index (χ0) is 20.2. The molecule has 0 unspecified atom stereocenters. The zero-order valence-corrected chi connectivity index (χ0v) is 17.7. The molecule has 0 atom stereocenters. The Balaban J connectivity index is 2.35. The number of hydrogen-bond acceptors (Lipinski definition) is 3. The monoisotopic (exact) mass is 599 g/mol. The summed E-state index contributed by atoms with van der Waals surface area (Å²) in [6.07, 6.45) is -2.89. The number of alkyl halides is 3. The maximum absolute atomic E-state index is 12.7. The van der Waals surface area contributed by atoms with Gasteiger partial charge in [-0.1, -0.05) is 12.1 Å². The smallest absolute Gasteiger partial charge is 0.416 e. The first-order valence-corrected chi connectivity index (χ1v) is 9.40. The van der Waals surface area contributed by atoms with E-state index in [1.54, 1.807) is 18.2 Å². The Bertz CT molecular complexity index is 909. The molecule has 0 aliphatic heterocycles. The second kappa shape index (κ2) is 8.92. The van der Waals surface area contributed by atoms with Crippen molar-refractivity contribution >= 4 is 62.8 Å². The van der Waals surface area contributed by atoms with E-state index in [1.165, 1.54) is 12.1 Å². The average Bonchev–Trinajstić information content (AvgIpc) is 2.58. The van der Waals surface area contributed by atoms with Gasteiger partial charge < -0.3 is 9.84 Å². The number of nitrogens with zero attached hydrogens (tertiary/aromatic N) is 1. The fourth-order valence-electron chi connectivity index (χ4n) is 2.12. The molecule has 0 aliphatic rings. The molecule has 0 aliphatic carbocycles. The molecule has 4 nitrogen and oxygen atoms in total. The lowest BCUT2D eigenvalue weighted by Gasteiger charge is -2.10. The normalized spacial score (nSPS) is 11.8. The van der Waals surface area contributed by atoms with Gasteiger partial charge in [0, 0.05) is 0 Å². The quantitative estimate of drug-likeness (QED) is 0.283. The largest absolute Gasteiger partial charge is 0.480 e. The summed E-state index contributed by atoms with van der Waals surface area (Å²) in [7, 11) is 0. The van der Waals surface area contributed by atoms with Crippen molar-refractivity contribution in [1.29, 1.82) is 5.26 Å². The number of rotatable bonds is 5. The maximum Gasteiger partial charge on any atom is 0.416 e. The molecule has 0 radical (unpaired) electrons. The lowest BCUT2D eigenvalue weighted by Crippen LogP contribution is -2.11. The van der Waals surface area contributed by atoms with Gasteiger partial charge in [0.15, 0.2) is 6.61 Å². The molecule has 0 saturated carbocycles. The minimum Gasteiger partial charge on any atom is -0.480 e. The van der Waals surface area contributed by atoms with Gasteiger partial charge >= 0.3 is 12.1 Å². The molecule has 1 N–H and O–H groups in total. The van der Waals surface area contributed by atoms with E-state index in [-0.39, 0.29) is 5.57 Å². The first-order valence-electron chi connectivity index (χ1n) is 7.25. The summed E-state index contributed by atoms with van der Waals surface area (Å²) in [6, 6.07) is 9.73. The van der Waals surface area contributed by atoms with Gasteiger partial charge in [0.05, 0.1) is 24.3 Å². The van der Waals surface area contributed by atoms with E-state index in [4.69, 9.17) is 9.84 Å². The number of ether oxygens (including phenoxy) is 1. The fraction of sp³-hybridized carbons (Fsp3) is 0.111. The SMILES string of the molecule is N#C/C(=C/c1cc(I)c(OCC(=O)O)c(I)c1)c1ccc(C(F)(F)F)cc1. The lowest BCUT2D eigenvalue weighted by atomic mass is 10.0. The van der Waals surface area contributed by atoms with Crippen LogP contribution in [-0.2, 0) is 11.0 Å². The van der Waals surface area contributed by atoms with Gasteiger partial charge in [-0.05, 0) is 86.7 Å². The molecule has 0 saturated heterocycles. The van der Waals surface area contributed by atoms with Crippen molar-refractivity contribution in [2.75, 3.05) is 6.61 Å². The second-order valence-electron chi connectivity index (χ2n) is 5.24. The van der Waals surface area contributed by atoms with Gasteiger partial charge in [0.1, 0.15) is 5.75 Å². The molecule has 2 aromatic carbocycles. The predicted octanol–water partition coefficient (Wildman–Crippen LogP) is 5.44. The van der Waals surface area contributed by atoms with Gasteiger partial charge in [-0.15, -0.1) is 0 Å². The van der Waals surface area contributed by atoms with E-state index in [0.717, 1.165) is 12.1 Å². The molecule has 140 valence electrons. The molecular formula is C18H10F3I2NO3. The van der Waals surface area contributed by atoms with Crippen LogP contribution in [-0.4, -0.2) is 17.7 Å². The summed E-state index contributed by atoms with van der Waals surface area (Å²) < 4.78 is 44.5. The highest BCUT2D eigenvalue weighted by Crippen LogP contribution is 2.32. The van der Waals surface area contributed by atoms with E-state index in [2.05, 4.69) is 0 Å². The maximum atomic E-state index is 12.7. The molecule has 2 aromatic rings. The van der Waals surface area contributed by atoms with Crippen LogP contribution in [0.4, 0.5) is 13.2 Å². The fourth-order valence-corrected chi connectivity index (χ4v) is 4.25. The molecule has 9 heteroatoms. The van der Waals surface area contributed by atoms with Crippen LogP contribution in [0.5, 0.6) is 5.75 Å². The molecule has 0 aromatic heterocycles. The summed E-state index contributed by atoms with van der Waals surface area (Å²) in [5, 5.41) is 18.1. The Hall–Kier alpha value is -1.81. The van der Waals surface area contributed by atoms with Crippen molar-refractivity contribution in [3.63, 3.8) is 0 Å². The first kappa shape index (κ1) is 21.5. The predicted molar refractivity (Wildman–Crippen MR) is 110 cm³/mol. The average molecular weight is 599 g/mol. The van der Waals surface area contributed by atoms with E-state index < -0.39 is 24.3 Å². The summed E-state index contributed by atoms with van der Waals surface area (Å²) in [6.45, 7) is -0.476. The van der Waals surface area contributed by atoms with Crippen molar-refractivity contribution in [1.82, 2.24) is 0 Å². The van der Waals surface area contributed by atoms with E-state index in [9.17, 15) is 23.2 Å². The molecule has 0 spiro atoms. The zero-order valence-electron chi connectivity index (χ0n) is 13.3. The van der Waals surface area contributed by atoms with Gasteiger partial charge in [0.25, 0.3) is 0 Å². The van der Waals surface area contributed by atoms with Crippen LogP contribution in [0.1, 0.15) is 16.7 Å². The molecule has 27 heavy (non-hydrogen) atoms. The van der Waals surface area contributed by atoms with Crippen LogP contribution in [0.25, 0.3) is 11.6 Å². The number of carboxylic acids is 1. The van der Waals surface area contributed by atoms with Crippen LogP contribution < -0.4 is 4.74 Å². The standard InChI is InChI=1S/C18H10F3I2NO3/c19-18(20,21)13-3-1-11(2-4-13)12(8-24)5-10-6-14(22)17(15(23)7-10)27-9-16(25)26/h1-7H,9H2,(H,25,26)/b12-5-. The van der Waals surface area contributed by atoms with Crippen molar-refractivity contribution < 1.29 is 27.8 Å². The number of carbonyl (C=O) groups is 1. The Labute approximate surface area is 179 Å². The topological polar surface area (TPSA) is 70.3 Å². The number of benzene rings is 2. The Morgan fingerprint density at radius 1 is 1.19 bits per heavy atom. The molecule has 2 rings (SSSR count). The lowest BCUT2D eigenvalue weighted by molar-refractivity contribution is -0.139. The van der Waals surface area contributed by atoms with Crippen molar-refractivity contribution in [3.8, 4) is 11.8 Å². The van der Waals surface area contributed by atoms with Gasteiger partial charge in [-0.25, -0.2) is 4.79 Å². The summed E-state index contributed by atoms with van der Waals surface area (Å²) in [5.74, 6) is -0.677. The molecule has 0 bridgehead atoms. The third kappa shape index (κ3) is 5.83. The highest BCUT2D eigenvalue weighted by molar-refractivity contribution is 14.1. The van der Waals surface area contributed by atoms with Crippen LogP contribution in [0.15, 0.2) is 36.4 Å². The first-order chi connectivity index (χ1) is 12.6. The number of halogens is 5. The highest BCUT2D eigenvalue weighted by Gasteiger charge is 2.30. The Morgan fingerprint density at radius 3 is 2.19 bits per heavy atom. The van der Waals surface area contributed by atoms with Crippen LogP contribution in [0.2, 0.25) is 0 Å². The number of hydrogen-bond donors (Lipinski definition) is 1. The number of nitriles is 1. The number of aliphatic carboxylic acids is 1. The van der Waals surface area contributed by atoms with Gasteiger partial charge in [-0.3, -0.25) is 0 Å². The van der Waals surface area contributed by atoms with E-state index >= 15 is 0 Å². The Morgan fingerprint density at radius 2 is 1.74 bits per heavy atom. The number of allylic oxidation sites excluding steroid dienone is 1. The highest BCUT2D eigenvalue weighted by atomic mass is 127. The minimum atomic E-state index is -4.44. The van der Waals surface area contributed by atoms with E-state index in [1.807, 2.05) is 51.3 Å². The van der Waals surface area contributed by atoms with Crippen molar-refractivity contribution in [3.05, 3.63) is 60.2 Å². The Kier molecular flexibility index (Phi) is 7.10. The summed E-state index contributed by atoms with van der Waals surface area (Å²) in [5.41, 5.74) is 0.423. The van der Waals surface area contributed by atoms with Gasteiger partial charge in [-0.2, -0.15) is 18.4 Å². The third-order valence-corrected chi connectivity index (χ3v) is 4.92. The van der Waals surface area contributed by atoms with Crippen molar-refractivity contribution in [2.24, 2.45) is 0 Å². The van der Waals surface area contributed by atoms with Gasteiger partial charge in [0.2, 0.25) is 0 Å². The second-order valence-corrected chi connectivity index (χ2v) is 7.57. The van der Waals surface area contributed by atoms with Crippen LogP contribution >= 0.6 is 45.2 Å². The third-order valence-electron chi connectivity index (χ3n) is 3.32. The molecular weight excluding hydrogens is 589 g/mol. The van der Waals surface area contributed by atoms with E-state index in [0.29, 0.717) is 24.0 Å². The summed E-state index contributed by atoms with van der Waals surface area (Å²) >= 11 is 3.97. The minimum absolute atomic E-state index is 0.203. The van der Waals surface area contributed by atoms with Crippen LogP contribution in [0, 0.1) is 18.5 Å².